The maximum absolute atomic E-state index is 13.5. The predicted octanol–water partition coefficient (Wildman–Crippen LogP) is 3.21. The number of rotatable bonds is 6. The molecule has 1 N–H and O–H groups in total. The SMILES string of the molecule is CC(O)C(=O)N1CCN(c2ccc(CC(=O)c3oc(-c4ccccc4)nc3C(F)(F)F)cn2)CC1. The number of hydrogen-bond donors (Lipinski definition) is 1. The zero-order valence-electron chi connectivity index (χ0n) is 18.8. The summed E-state index contributed by atoms with van der Waals surface area (Å²) in [6, 6.07) is 11.4. The summed E-state index contributed by atoms with van der Waals surface area (Å²) in [4.78, 5) is 36.0. The van der Waals surface area contributed by atoms with E-state index in [1.165, 1.54) is 13.1 Å². The molecule has 8 nitrogen and oxygen atoms in total. The van der Waals surface area contributed by atoms with Gasteiger partial charge >= 0.3 is 6.18 Å². The number of pyridine rings is 1. The molecule has 1 unspecified atom stereocenters. The Hall–Kier alpha value is -3.73. The number of Topliss-reactive ketones (excluding diaryl/α,β-unsaturated/α-hetero) is 1. The lowest BCUT2D eigenvalue weighted by molar-refractivity contribution is -0.141. The first-order valence-electron chi connectivity index (χ1n) is 11.0. The minimum Gasteiger partial charge on any atom is -0.432 e. The molecule has 0 spiro atoms. The van der Waals surface area contributed by atoms with Gasteiger partial charge in [0.2, 0.25) is 17.4 Å². The van der Waals surface area contributed by atoms with E-state index < -0.39 is 29.5 Å². The van der Waals surface area contributed by atoms with Gasteiger partial charge in [-0.15, -0.1) is 0 Å². The van der Waals surface area contributed by atoms with Crippen LogP contribution in [0.5, 0.6) is 0 Å². The normalized spacial score (nSPS) is 15.2. The Morgan fingerprint density at radius 2 is 1.77 bits per heavy atom. The smallest absolute Gasteiger partial charge is 0.432 e. The topological polar surface area (TPSA) is 99.8 Å². The van der Waals surface area contributed by atoms with E-state index in [4.69, 9.17) is 4.42 Å². The van der Waals surface area contributed by atoms with Gasteiger partial charge in [-0.2, -0.15) is 13.2 Å². The highest BCUT2D eigenvalue weighted by molar-refractivity contribution is 5.96. The standard InChI is InChI=1S/C24H23F3N4O4/c1-15(32)23(34)31-11-9-30(10-12-31)19-8-7-16(14-28-19)13-18(33)20-21(24(25,26)27)29-22(35-20)17-5-3-2-4-6-17/h2-8,14-15,32H,9-13H2,1H3. The Bertz CT molecular complexity index is 1190. The van der Waals surface area contributed by atoms with Crippen LogP contribution in [0.2, 0.25) is 0 Å². The van der Waals surface area contributed by atoms with E-state index in [0.717, 1.165) is 0 Å². The molecule has 184 valence electrons. The minimum atomic E-state index is -4.85. The molecule has 11 heteroatoms. The molecule has 0 aliphatic carbocycles. The maximum atomic E-state index is 13.5. The zero-order valence-corrected chi connectivity index (χ0v) is 18.8. The van der Waals surface area contributed by atoms with Gasteiger partial charge in [-0.3, -0.25) is 9.59 Å². The fraction of sp³-hybridized carbons (Fsp3) is 0.333. The van der Waals surface area contributed by atoms with Crippen molar-refractivity contribution in [2.75, 3.05) is 31.1 Å². The first-order valence-corrected chi connectivity index (χ1v) is 11.0. The van der Waals surface area contributed by atoms with Crippen molar-refractivity contribution in [1.82, 2.24) is 14.9 Å². The third kappa shape index (κ3) is 5.51. The average molecular weight is 488 g/mol. The lowest BCUT2D eigenvalue weighted by Gasteiger charge is -2.36. The van der Waals surface area contributed by atoms with Crippen molar-refractivity contribution in [3.05, 3.63) is 65.7 Å². The van der Waals surface area contributed by atoms with Crippen molar-refractivity contribution in [3.8, 4) is 11.5 Å². The number of ketones is 1. The molecule has 0 bridgehead atoms. The molecule has 35 heavy (non-hydrogen) atoms. The summed E-state index contributed by atoms with van der Waals surface area (Å²) in [5.74, 6) is -1.67. The number of nitrogens with zero attached hydrogens (tertiary/aromatic N) is 4. The van der Waals surface area contributed by atoms with Crippen molar-refractivity contribution in [2.24, 2.45) is 0 Å². The summed E-state index contributed by atoms with van der Waals surface area (Å²) in [5.41, 5.74) is -0.596. The number of aliphatic hydroxyl groups excluding tert-OH is 1. The fourth-order valence-electron chi connectivity index (χ4n) is 3.80. The average Bonchev–Trinajstić information content (AvgIpc) is 3.31. The second-order valence-corrected chi connectivity index (χ2v) is 8.17. The summed E-state index contributed by atoms with van der Waals surface area (Å²) >= 11 is 0. The molecule has 3 heterocycles. The Balaban J connectivity index is 1.45. The number of benzene rings is 1. The van der Waals surface area contributed by atoms with Gasteiger partial charge in [-0.05, 0) is 30.7 Å². The van der Waals surface area contributed by atoms with Crippen LogP contribution in [0.25, 0.3) is 11.5 Å². The van der Waals surface area contributed by atoms with Crippen LogP contribution in [-0.2, 0) is 17.4 Å². The first-order chi connectivity index (χ1) is 16.6. The Labute approximate surface area is 199 Å². The number of piperazine rings is 1. The van der Waals surface area contributed by atoms with E-state index in [9.17, 15) is 27.9 Å². The van der Waals surface area contributed by atoms with Gasteiger partial charge in [0, 0.05) is 44.4 Å². The van der Waals surface area contributed by atoms with Crippen LogP contribution in [0.4, 0.5) is 19.0 Å². The Morgan fingerprint density at radius 3 is 2.34 bits per heavy atom. The van der Waals surface area contributed by atoms with Gasteiger partial charge in [-0.1, -0.05) is 24.3 Å². The molecule has 1 saturated heterocycles. The summed E-state index contributed by atoms with van der Waals surface area (Å²) < 4.78 is 45.8. The molecule has 0 radical (unpaired) electrons. The second-order valence-electron chi connectivity index (χ2n) is 8.17. The fourth-order valence-corrected chi connectivity index (χ4v) is 3.80. The third-order valence-corrected chi connectivity index (χ3v) is 5.62. The van der Waals surface area contributed by atoms with Crippen LogP contribution in [0, 0.1) is 0 Å². The monoisotopic (exact) mass is 488 g/mol. The van der Waals surface area contributed by atoms with Crippen molar-refractivity contribution in [1.29, 1.82) is 0 Å². The number of amides is 1. The molecule has 3 aromatic rings. The number of carbonyl (C=O) groups is 2. The molecule has 1 atom stereocenters. The summed E-state index contributed by atoms with van der Waals surface area (Å²) in [5, 5.41) is 9.44. The number of halogens is 3. The number of hydrogen-bond acceptors (Lipinski definition) is 7. The van der Waals surface area contributed by atoms with Crippen LogP contribution in [0.3, 0.4) is 0 Å². The number of carbonyl (C=O) groups excluding carboxylic acids is 2. The molecule has 2 aromatic heterocycles. The lowest BCUT2D eigenvalue weighted by atomic mass is 10.1. The van der Waals surface area contributed by atoms with Crippen molar-refractivity contribution in [2.45, 2.75) is 25.6 Å². The summed E-state index contributed by atoms with van der Waals surface area (Å²) in [6.07, 6.45) is -4.80. The van der Waals surface area contributed by atoms with E-state index in [0.29, 0.717) is 43.1 Å². The van der Waals surface area contributed by atoms with Gasteiger partial charge < -0.3 is 19.3 Å². The van der Waals surface area contributed by atoms with Crippen molar-refractivity contribution in [3.63, 3.8) is 0 Å². The largest absolute Gasteiger partial charge is 0.437 e. The second kappa shape index (κ2) is 9.87. The van der Waals surface area contributed by atoms with Gasteiger partial charge in [0.25, 0.3) is 5.91 Å². The molecule has 1 amide bonds. The molecule has 1 aliphatic rings. The number of oxazole rings is 1. The van der Waals surface area contributed by atoms with Crippen LogP contribution in [0.1, 0.15) is 28.7 Å². The highest BCUT2D eigenvalue weighted by atomic mass is 19.4. The van der Waals surface area contributed by atoms with Crippen LogP contribution in [-0.4, -0.2) is 63.9 Å². The minimum absolute atomic E-state index is 0.275. The van der Waals surface area contributed by atoms with Crippen molar-refractivity contribution >= 4 is 17.5 Å². The molecule has 1 aromatic carbocycles. The van der Waals surface area contributed by atoms with Crippen LogP contribution in [0.15, 0.2) is 53.1 Å². The van der Waals surface area contributed by atoms with Crippen molar-refractivity contribution < 1.29 is 32.3 Å². The zero-order chi connectivity index (χ0) is 25.2. The summed E-state index contributed by atoms with van der Waals surface area (Å²) in [6.45, 7) is 3.31. The van der Waals surface area contributed by atoms with E-state index in [1.54, 1.807) is 47.4 Å². The van der Waals surface area contributed by atoms with Gasteiger partial charge in [-0.25, -0.2) is 9.97 Å². The van der Waals surface area contributed by atoms with Gasteiger partial charge in [0.05, 0.1) is 0 Å². The molecule has 1 fully saturated rings. The molecule has 1 aliphatic heterocycles. The molecule has 4 rings (SSSR count). The molecular weight excluding hydrogens is 465 g/mol. The third-order valence-electron chi connectivity index (χ3n) is 5.62. The Kier molecular flexibility index (Phi) is 6.88. The quantitative estimate of drug-likeness (QED) is 0.532. The van der Waals surface area contributed by atoms with E-state index in [2.05, 4.69) is 9.97 Å². The number of anilines is 1. The first kappa shape index (κ1) is 24.4. The molecule has 0 saturated carbocycles. The highest BCUT2D eigenvalue weighted by Crippen LogP contribution is 2.35. The van der Waals surface area contributed by atoms with Gasteiger partial charge in [0.15, 0.2) is 5.69 Å². The number of alkyl halides is 3. The van der Waals surface area contributed by atoms with E-state index >= 15 is 0 Å². The van der Waals surface area contributed by atoms with E-state index in [-0.39, 0.29) is 18.2 Å². The van der Waals surface area contributed by atoms with Crippen LogP contribution < -0.4 is 4.90 Å². The predicted molar refractivity (Wildman–Crippen MR) is 120 cm³/mol. The molecular formula is C24H23F3N4O4. The van der Waals surface area contributed by atoms with E-state index in [1.807, 2.05) is 4.90 Å². The summed E-state index contributed by atoms with van der Waals surface area (Å²) in [7, 11) is 0. The van der Waals surface area contributed by atoms with Gasteiger partial charge in [0.1, 0.15) is 11.9 Å². The Morgan fingerprint density at radius 1 is 1.09 bits per heavy atom. The lowest BCUT2D eigenvalue weighted by Crippen LogP contribution is -2.51. The number of aliphatic hydroxyl groups is 1. The number of aromatic nitrogens is 2. The highest BCUT2D eigenvalue weighted by Gasteiger charge is 2.41. The van der Waals surface area contributed by atoms with Crippen LogP contribution >= 0.6 is 0 Å². The maximum Gasteiger partial charge on any atom is 0.437 e.